The van der Waals surface area contributed by atoms with E-state index in [2.05, 4.69) is 0 Å². The van der Waals surface area contributed by atoms with Crippen LogP contribution in [0.2, 0.25) is 5.02 Å². The van der Waals surface area contributed by atoms with E-state index in [1.54, 1.807) is 7.11 Å². The normalized spacial score (nSPS) is 12.8. The smallest absolute Gasteiger partial charge is 0.0616 e. The van der Waals surface area contributed by atoms with E-state index < -0.39 is 0 Å². The van der Waals surface area contributed by atoms with Crippen LogP contribution in [-0.4, -0.2) is 19.8 Å². The Morgan fingerprint density at radius 1 is 1.54 bits per heavy atom. The zero-order chi connectivity index (χ0) is 9.68. The minimum atomic E-state index is 0.0449. The number of ether oxygens (including phenoxy) is 1. The van der Waals surface area contributed by atoms with Crippen molar-refractivity contribution in [1.29, 1.82) is 0 Å². The minimum Gasteiger partial charge on any atom is -0.383 e. The molecule has 2 N–H and O–H groups in total. The summed E-state index contributed by atoms with van der Waals surface area (Å²) >= 11 is 5.83. The highest BCUT2D eigenvalue weighted by Crippen LogP contribution is 2.11. The van der Waals surface area contributed by atoms with Gasteiger partial charge in [0.2, 0.25) is 0 Å². The maximum absolute atomic E-state index is 5.83. The molecule has 0 saturated heterocycles. The molecule has 13 heavy (non-hydrogen) atoms. The first kappa shape index (κ1) is 10.5. The van der Waals surface area contributed by atoms with Crippen molar-refractivity contribution < 1.29 is 4.74 Å². The minimum absolute atomic E-state index is 0.0449. The molecule has 0 aromatic heterocycles. The molecule has 0 aliphatic heterocycles. The van der Waals surface area contributed by atoms with Gasteiger partial charge in [-0.25, -0.2) is 0 Å². The molecule has 1 aromatic carbocycles. The van der Waals surface area contributed by atoms with Gasteiger partial charge < -0.3 is 10.5 Å². The number of benzene rings is 1. The van der Waals surface area contributed by atoms with Gasteiger partial charge in [-0.2, -0.15) is 0 Å². The summed E-state index contributed by atoms with van der Waals surface area (Å²) in [4.78, 5) is 0. The van der Waals surface area contributed by atoms with Crippen LogP contribution in [0.5, 0.6) is 0 Å². The highest BCUT2D eigenvalue weighted by molar-refractivity contribution is 6.30. The lowest BCUT2D eigenvalue weighted by Crippen LogP contribution is -2.27. The molecule has 2 nitrogen and oxygen atoms in total. The largest absolute Gasteiger partial charge is 0.383 e. The molecule has 1 aromatic rings. The maximum Gasteiger partial charge on any atom is 0.0616 e. The molecule has 0 radical (unpaired) electrons. The Hall–Kier alpha value is -0.570. The Balaban J connectivity index is 2.53. The fraction of sp³-hybridized carbons (Fsp3) is 0.400. The highest BCUT2D eigenvalue weighted by Gasteiger charge is 2.03. The monoisotopic (exact) mass is 199 g/mol. The van der Waals surface area contributed by atoms with E-state index in [0.717, 1.165) is 17.0 Å². The van der Waals surface area contributed by atoms with Crippen LogP contribution < -0.4 is 5.73 Å². The molecule has 0 heterocycles. The maximum atomic E-state index is 5.83. The standard InChI is InChI=1S/C10H14ClNO/c1-13-7-10(12)6-8-3-2-4-9(11)5-8/h2-5,10H,6-7,12H2,1H3. The predicted octanol–water partition coefficient (Wildman–Crippen LogP) is 1.86. The van der Waals surface area contributed by atoms with E-state index >= 15 is 0 Å². The van der Waals surface area contributed by atoms with Gasteiger partial charge in [0.1, 0.15) is 0 Å². The van der Waals surface area contributed by atoms with Crippen molar-refractivity contribution in [3.63, 3.8) is 0 Å². The van der Waals surface area contributed by atoms with Crippen molar-refractivity contribution in [2.75, 3.05) is 13.7 Å². The Morgan fingerprint density at radius 3 is 2.92 bits per heavy atom. The third kappa shape index (κ3) is 3.77. The number of methoxy groups -OCH3 is 1. The first-order valence-corrected chi connectivity index (χ1v) is 4.59. The van der Waals surface area contributed by atoms with Gasteiger partial charge in [-0.15, -0.1) is 0 Å². The van der Waals surface area contributed by atoms with Gasteiger partial charge in [-0.05, 0) is 24.1 Å². The van der Waals surface area contributed by atoms with Crippen LogP contribution in [0.15, 0.2) is 24.3 Å². The van der Waals surface area contributed by atoms with Gasteiger partial charge in [0.05, 0.1) is 6.61 Å². The van der Waals surface area contributed by atoms with Crippen LogP contribution in [0, 0.1) is 0 Å². The molecular weight excluding hydrogens is 186 g/mol. The molecule has 0 amide bonds. The molecule has 0 spiro atoms. The van der Waals surface area contributed by atoms with Crippen LogP contribution in [0.4, 0.5) is 0 Å². The predicted molar refractivity (Wildman–Crippen MR) is 55.0 cm³/mol. The lowest BCUT2D eigenvalue weighted by Gasteiger charge is -2.09. The number of halogens is 1. The first-order chi connectivity index (χ1) is 6.22. The molecule has 1 unspecified atom stereocenters. The van der Waals surface area contributed by atoms with E-state index in [0.29, 0.717) is 6.61 Å². The summed E-state index contributed by atoms with van der Waals surface area (Å²) < 4.78 is 4.95. The summed E-state index contributed by atoms with van der Waals surface area (Å²) in [5, 5.41) is 0.752. The third-order valence-corrected chi connectivity index (χ3v) is 2.00. The molecule has 72 valence electrons. The second kappa shape index (κ2) is 5.22. The summed E-state index contributed by atoms with van der Waals surface area (Å²) in [6, 6.07) is 7.77. The molecule has 0 aliphatic carbocycles. The van der Waals surface area contributed by atoms with Gasteiger partial charge >= 0.3 is 0 Å². The zero-order valence-electron chi connectivity index (χ0n) is 7.66. The van der Waals surface area contributed by atoms with Gasteiger partial charge in [0.25, 0.3) is 0 Å². The van der Waals surface area contributed by atoms with Crippen LogP contribution in [0.25, 0.3) is 0 Å². The molecule has 1 rings (SSSR count). The van der Waals surface area contributed by atoms with Crippen LogP contribution >= 0.6 is 11.6 Å². The molecule has 0 aliphatic rings. The number of hydrogen-bond acceptors (Lipinski definition) is 2. The van der Waals surface area contributed by atoms with Crippen molar-refractivity contribution in [3.8, 4) is 0 Å². The average molecular weight is 200 g/mol. The Kier molecular flexibility index (Phi) is 4.22. The third-order valence-electron chi connectivity index (χ3n) is 1.77. The molecule has 0 saturated carbocycles. The topological polar surface area (TPSA) is 35.2 Å². The summed E-state index contributed by atoms with van der Waals surface area (Å²) in [5.41, 5.74) is 6.95. The number of rotatable bonds is 4. The van der Waals surface area contributed by atoms with Gasteiger partial charge in [0, 0.05) is 18.2 Å². The van der Waals surface area contributed by atoms with E-state index in [4.69, 9.17) is 22.1 Å². The van der Waals surface area contributed by atoms with Gasteiger partial charge in [-0.3, -0.25) is 0 Å². The second-order valence-electron chi connectivity index (χ2n) is 3.05. The van der Waals surface area contributed by atoms with E-state index in [1.165, 1.54) is 0 Å². The SMILES string of the molecule is COCC(N)Cc1cccc(Cl)c1. The summed E-state index contributed by atoms with van der Waals surface area (Å²) in [6.07, 6.45) is 0.800. The lowest BCUT2D eigenvalue weighted by molar-refractivity contribution is 0.180. The Morgan fingerprint density at radius 2 is 2.31 bits per heavy atom. The van der Waals surface area contributed by atoms with Crippen LogP contribution in [0.3, 0.4) is 0 Å². The fourth-order valence-electron chi connectivity index (χ4n) is 1.24. The summed E-state index contributed by atoms with van der Waals surface area (Å²) in [6.45, 7) is 0.576. The summed E-state index contributed by atoms with van der Waals surface area (Å²) in [7, 11) is 1.65. The first-order valence-electron chi connectivity index (χ1n) is 4.21. The van der Waals surface area contributed by atoms with E-state index in [-0.39, 0.29) is 6.04 Å². The molecule has 1 atom stereocenters. The van der Waals surface area contributed by atoms with Crippen molar-refractivity contribution in [3.05, 3.63) is 34.9 Å². The zero-order valence-corrected chi connectivity index (χ0v) is 8.42. The average Bonchev–Trinajstić information content (AvgIpc) is 2.04. The van der Waals surface area contributed by atoms with Crippen LogP contribution in [0.1, 0.15) is 5.56 Å². The Bertz CT molecular complexity index is 265. The highest BCUT2D eigenvalue weighted by atomic mass is 35.5. The second-order valence-corrected chi connectivity index (χ2v) is 3.49. The van der Waals surface area contributed by atoms with Crippen molar-refractivity contribution in [2.24, 2.45) is 5.73 Å². The number of nitrogens with two attached hydrogens (primary N) is 1. The van der Waals surface area contributed by atoms with E-state index in [1.807, 2.05) is 24.3 Å². The molecular formula is C10H14ClNO. The van der Waals surface area contributed by atoms with Gasteiger partial charge in [-0.1, -0.05) is 23.7 Å². The van der Waals surface area contributed by atoms with Crippen molar-refractivity contribution in [1.82, 2.24) is 0 Å². The van der Waals surface area contributed by atoms with Crippen molar-refractivity contribution in [2.45, 2.75) is 12.5 Å². The quantitative estimate of drug-likeness (QED) is 0.804. The van der Waals surface area contributed by atoms with Crippen LogP contribution in [-0.2, 0) is 11.2 Å². The molecule has 3 heteroatoms. The van der Waals surface area contributed by atoms with E-state index in [9.17, 15) is 0 Å². The fourth-order valence-corrected chi connectivity index (χ4v) is 1.45. The number of hydrogen-bond donors (Lipinski definition) is 1. The summed E-state index contributed by atoms with van der Waals surface area (Å²) in [5.74, 6) is 0. The van der Waals surface area contributed by atoms with Crippen molar-refractivity contribution >= 4 is 11.6 Å². The molecule has 0 bridgehead atoms. The molecule has 0 fully saturated rings. The lowest BCUT2D eigenvalue weighted by atomic mass is 10.1. The van der Waals surface area contributed by atoms with Gasteiger partial charge in [0.15, 0.2) is 0 Å². The Labute approximate surface area is 83.6 Å².